The SMILES string of the molecule is CC(=O)c1ccc(NC(=O)Nc2ccccc2S)cc1. The van der Waals surface area contributed by atoms with Gasteiger partial charge < -0.3 is 10.6 Å². The van der Waals surface area contributed by atoms with E-state index < -0.39 is 0 Å². The van der Waals surface area contributed by atoms with Crippen LogP contribution in [-0.2, 0) is 0 Å². The monoisotopic (exact) mass is 286 g/mol. The molecule has 4 nitrogen and oxygen atoms in total. The van der Waals surface area contributed by atoms with Gasteiger partial charge in [-0.1, -0.05) is 12.1 Å². The highest BCUT2D eigenvalue weighted by Crippen LogP contribution is 2.19. The van der Waals surface area contributed by atoms with Gasteiger partial charge in [0.25, 0.3) is 0 Å². The fourth-order valence-corrected chi connectivity index (χ4v) is 1.87. The van der Waals surface area contributed by atoms with E-state index in [2.05, 4.69) is 23.3 Å². The van der Waals surface area contributed by atoms with E-state index in [1.807, 2.05) is 12.1 Å². The molecule has 0 aliphatic heterocycles. The highest BCUT2D eigenvalue weighted by molar-refractivity contribution is 7.80. The highest BCUT2D eigenvalue weighted by atomic mass is 32.1. The molecule has 2 aromatic carbocycles. The molecule has 0 heterocycles. The summed E-state index contributed by atoms with van der Waals surface area (Å²) in [5.41, 5.74) is 1.86. The summed E-state index contributed by atoms with van der Waals surface area (Å²) >= 11 is 4.25. The first-order valence-electron chi connectivity index (χ1n) is 6.03. The lowest BCUT2D eigenvalue weighted by Crippen LogP contribution is -2.19. The molecule has 5 heteroatoms. The molecule has 0 unspecified atom stereocenters. The number of urea groups is 1. The molecule has 0 spiro atoms. The van der Waals surface area contributed by atoms with Crippen molar-refractivity contribution in [2.45, 2.75) is 11.8 Å². The van der Waals surface area contributed by atoms with Crippen LogP contribution in [0.4, 0.5) is 16.2 Å². The van der Waals surface area contributed by atoms with Crippen LogP contribution in [0.25, 0.3) is 0 Å². The Morgan fingerprint density at radius 3 is 2.20 bits per heavy atom. The van der Waals surface area contributed by atoms with Crippen LogP contribution in [0, 0.1) is 0 Å². The average Bonchev–Trinajstić information content (AvgIpc) is 2.42. The van der Waals surface area contributed by atoms with Crippen LogP contribution in [0.15, 0.2) is 53.4 Å². The van der Waals surface area contributed by atoms with Crippen molar-refractivity contribution in [1.29, 1.82) is 0 Å². The first-order valence-corrected chi connectivity index (χ1v) is 6.48. The van der Waals surface area contributed by atoms with E-state index in [1.54, 1.807) is 36.4 Å². The number of hydrogen-bond donors (Lipinski definition) is 3. The molecule has 0 atom stereocenters. The molecule has 2 amide bonds. The molecule has 102 valence electrons. The molecule has 0 saturated carbocycles. The molecule has 20 heavy (non-hydrogen) atoms. The number of rotatable bonds is 3. The minimum atomic E-state index is -0.359. The zero-order chi connectivity index (χ0) is 14.5. The Hall–Kier alpha value is -2.27. The second-order valence-electron chi connectivity index (χ2n) is 4.23. The van der Waals surface area contributed by atoms with Crippen LogP contribution in [0.2, 0.25) is 0 Å². The average molecular weight is 286 g/mol. The van der Waals surface area contributed by atoms with Gasteiger partial charge in [-0.15, -0.1) is 12.6 Å². The third kappa shape index (κ3) is 3.61. The Balaban J connectivity index is 2.01. The van der Waals surface area contributed by atoms with E-state index >= 15 is 0 Å². The predicted octanol–water partition coefficient (Wildman–Crippen LogP) is 3.82. The van der Waals surface area contributed by atoms with Crippen LogP contribution in [0.1, 0.15) is 17.3 Å². The fourth-order valence-electron chi connectivity index (χ4n) is 1.65. The first-order chi connectivity index (χ1) is 9.56. The van der Waals surface area contributed by atoms with Gasteiger partial charge in [0.15, 0.2) is 5.78 Å². The molecule has 0 aliphatic rings. The lowest BCUT2D eigenvalue weighted by molar-refractivity contribution is 0.101. The Bertz CT molecular complexity index is 639. The lowest BCUT2D eigenvalue weighted by atomic mass is 10.1. The maximum Gasteiger partial charge on any atom is 0.323 e. The maximum atomic E-state index is 11.8. The number of hydrogen-bond acceptors (Lipinski definition) is 3. The van der Waals surface area contributed by atoms with E-state index in [9.17, 15) is 9.59 Å². The lowest BCUT2D eigenvalue weighted by Gasteiger charge is -2.09. The van der Waals surface area contributed by atoms with Crippen molar-refractivity contribution in [1.82, 2.24) is 0 Å². The van der Waals surface area contributed by atoms with E-state index in [1.165, 1.54) is 6.92 Å². The van der Waals surface area contributed by atoms with Crippen LogP contribution < -0.4 is 10.6 Å². The number of thiol groups is 1. The fraction of sp³-hybridized carbons (Fsp3) is 0.0667. The highest BCUT2D eigenvalue weighted by Gasteiger charge is 2.05. The second-order valence-corrected chi connectivity index (χ2v) is 4.71. The van der Waals surface area contributed by atoms with Crippen molar-refractivity contribution in [3.63, 3.8) is 0 Å². The maximum absolute atomic E-state index is 11.8. The number of Topliss-reactive ketones (excluding diaryl/α,β-unsaturated/α-hetero) is 1. The van der Waals surface area contributed by atoms with Gasteiger partial charge in [0.05, 0.1) is 5.69 Å². The molecule has 0 saturated heterocycles. The molecule has 2 N–H and O–H groups in total. The molecular formula is C15H14N2O2S. The minimum absolute atomic E-state index is 0.00926. The Labute approximate surface area is 122 Å². The van der Waals surface area contributed by atoms with E-state index in [-0.39, 0.29) is 11.8 Å². The number of carbonyl (C=O) groups excluding carboxylic acids is 2. The molecular weight excluding hydrogens is 272 g/mol. The summed E-state index contributed by atoms with van der Waals surface area (Å²) in [6.07, 6.45) is 0. The summed E-state index contributed by atoms with van der Waals surface area (Å²) in [6, 6.07) is 13.6. The molecule has 2 aromatic rings. The van der Waals surface area contributed by atoms with Gasteiger partial charge in [-0.2, -0.15) is 0 Å². The summed E-state index contributed by atoms with van der Waals surface area (Å²) in [4.78, 5) is 23.7. The predicted molar refractivity (Wildman–Crippen MR) is 82.8 cm³/mol. The molecule has 0 bridgehead atoms. The minimum Gasteiger partial charge on any atom is -0.308 e. The largest absolute Gasteiger partial charge is 0.323 e. The van der Waals surface area contributed by atoms with Crippen LogP contribution >= 0.6 is 12.6 Å². The van der Waals surface area contributed by atoms with Gasteiger partial charge in [0, 0.05) is 16.1 Å². The smallest absolute Gasteiger partial charge is 0.308 e. The van der Waals surface area contributed by atoms with Crippen molar-refractivity contribution in [2.24, 2.45) is 0 Å². The first kappa shape index (κ1) is 14.1. The van der Waals surface area contributed by atoms with Crippen molar-refractivity contribution in [3.8, 4) is 0 Å². The van der Waals surface area contributed by atoms with E-state index in [0.717, 1.165) is 0 Å². The van der Waals surface area contributed by atoms with Gasteiger partial charge >= 0.3 is 6.03 Å². The topological polar surface area (TPSA) is 58.2 Å². The third-order valence-electron chi connectivity index (χ3n) is 2.70. The quantitative estimate of drug-likeness (QED) is 0.593. The number of ketones is 1. The Morgan fingerprint density at radius 1 is 0.950 bits per heavy atom. The summed E-state index contributed by atoms with van der Waals surface area (Å²) in [5, 5.41) is 5.39. The van der Waals surface area contributed by atoms with Crippen molar-refractivity contribution in [2.75, 3.05) is 10.6 Å². The number of nitrogens with one attached hydrogen (secondary N) is 2. The summed E-state index contributed by atoms with van der Waals surface area (Å²) < 4.78 is 0. The summed E-state index contributed by atoms with van der Waals surface area (Å²) in [7, 11) is 0. The number of carbonyl (C=O) groups is 2. The number of para-hydroxylation sites is 1. The van der Waals surface area contributed by atoms with Crippen molar-refractivity contribution < 1.29 is 9.59 Å². The Kier molecular flexibility index (Phi) is 4.42. The Morgan fingerprint density at radius 2 is 1.60 bits per heavy atom. The third-order valence-corrected chi connectivity index (χ3v) is 3.09. The molecule has 0 radical (unpaired) electrons. The molecule has 0 aromatic heterocycles. The number of benzene rings is 2. The standard InChI is InChI=1S/C15H14N2O2S/c1-10(18)11-6-8-12(9-7-11)16-15(19)17-13-4-2-3-5-14(13)20/h2-9,20H,1H3,(H2,16,17,19). The summed E-state index contributed by atoms with van der Waals surface area (Å²) in [5.74, 6) is -0.00926. The van der Waals surface area contributed by atoms with Gasteiger partial charge in [-0.25, -0.2) is 4.79 Å². The molecule has 2 rings (SSSR count). The molecule has 0 fully saturated rings. The van der Waals surface area contributed by atoms with Crippen LogP contribution in [-0.4, -0.2) is 11.8 Å². The normalized spacial score (nSPS) is 9.90. The number of anilines is 2. The van der Waals surface area contributed by atoms with E-state index in [4.69, 9.17) is 0 Å². The van der Waals surface area contributed by atoms with Gasteiger partial charge in [0.2, 0.25) is 0 Å². The zero-order valence-electron chi connectivity index (χ0n) is 10.9. The summed E-state index contributed by atoms with van der Waals surface area (Å²) in [6.45, 7) is 1.50. The van der Waals surface area contributed by atoms with Gasteiger partial charge in [-0.3, -0.25) is 4.79 Å². The van der Waals surface area contributed by atoms with E-state index in [0.29, 0.717) is 21.8 Å². The second kappa shape index (κ2) is 6.25. The van der Waals surface area contributed by atoms with Crippen molar-refractivity contribution in [3.05, 3.63) is 54.1 Å². The van der Waals surface area contributed by atoms with Gasteiger partial charge in [-0.05, 0) is 43.3 Å². The zero-order valence-corrected chi connectivity index (χ0v) is 11.8. The van der Waals surface area contributed by atoms with Crippen LogP contribution in [0.3, 0.4) is 0 Å². The van der Waals surface area contributed by atoms with Crippen molar-refractivity contribution >= 4 is 35.8 Å². The number of amides is 2. The van der Waals surface area contributed by atoms with Gasteiger partial charge in [0.1, 0.15) is 0 Å². The molecule has 0 aliphatic carbocycles. The van der Waals surface area contributed by atoms with Crippen LogP contribution in [0.5, 0.6) is 0 Å².